The van der Waals surface area contributed by atoms with Crippen LogP contribution in [-0.4, -0.2) is 65.6 Å². The Labute approximate surface area is 189 Å². The molecular weight excluding hydrogens is 425 g/mol. The van der Waals surface area contributed by atoms with Gasteiger partial charge in [0.25, 0.3) is 0 Å². The predicted octanol–water partition coefficient (Wildman–Crippen LogP) is 1.90. The molecule has 168 valence electrons. The van der Waals surface area contributed by atoms with Crippen LogP contribution in [-0.2, 0) is 0 Å². The van der Waals surface area contributed by atoms with E-state index in [1.165, 1.54) is 16.9 Å². The van der Waals surface area contributed by atoms with E-state index in [1.54, 1.807) is 18.3 Å². The van der Waals surface area contributed by atoms with Gasteiger partial charge in [-0.1, -0.05) is 5.21 Å². The minimum Gasteiger partial charge on any atom is -0.507 e. The molecule has 11 heteroatoms. The fourth-order valence-corrected chi connectivity index (χ4v) is 5.03. The van der Waals surface area contributed by atoms with Crippen molar-refractivity contribution < 1.29 is 9.50 Å². The third-order valence-electron chi connectivity index (χ3n) is 6.76. The minimum absolute atomic E-state index is 0.0474. The molecule has 2 saturated heterocycles. The first-order chi connectivity index (χ1) is 16.1. The molecule has 2 bridgehead atoms. The quantitative estimate of drug-likeness (QED) is 0.602. The third-order valence-corrected chi connectivity index (χ3v) is 6.76. The zero-order chi connectivity index (χ0) is 22.5. The summed E-state index contributed by atoms with van der Waals surface area (Å²) >= 11 is 0. The molecule has 3 aliphatic rings. The summed E-state index contributed by atoms with van der Waals surface area (Å²) in [6, 6.07) is 7.13. The van der Waals surface area contributed by atoms with Crippen LogP contribution in [0.1, 0.15) is 37.8 Å². The molecule has 10 nitrogen and oxygen atoms in total. The maximum Gasteiger partial charge on any atom is 0.185 e. The number of hydrogen-bond acceptors (Lipinski definition) is 9. The highest BCUT2D eigenvalue weighted by molar-refractivity contribution is 5.66. The van der Waals surface area contributed by atoms with Crippen molar-refractivity contribution in [2.45, 2.75) is 62.4 Å². The van der Waals surface area contributed by atoms with Crippen LogP contribution in [0.4, 0.5) is 10.2 Å². The van der Waals surface area contributed by atoms with Crippen molar-refractivity contribution in [3.05, 3.63) is 36.3 Å². The van der Waals surface area contributed by atoms with Crippen molar-refractivity contribution in [2.75, 3.05) is 4.90 Å². The van der Waals surface area contributed by atoms with E-state index in [1.807, 2.05) is 6.07 Å². The van der Waals surface area contributed by atoms with E-state index >= 15 is 4.39 Å². The lowest BCUT2D eigenvalue weighted by molar-refractivity contribution is 0.171. The number of piperidine rings is 1. The fourth-order valence-electron chi connectivity index (χ4n) is 5.03. The molecule has 2 aliphatic heterocycles. The lowest BCUT2D eigenvalue weighted by Gasteiger charge is -2.40. The first kappa shape index (κ1) is 20.0. The number of fused-ring (bicyclic) bond motifs is 2. The number of benzene rings is 1. The molecule has 0 radical (unpaired) electrons. The van der Waals surface area contributed by atoms with Gasteiger partial charge in [-0.05, 0) is 44.2 Å². The molecule has 0 spiro atoms. The van der Waals surface area contributed by atoms with Gasteiger partial charge in [0.05, 0.1) is 29.7 Å². The van der Waals surface area contributed by atoms with Crippen LogP contribution in [0.25, 0.3) is 17.1 Å². The summed E-state index contributed by atoms with van der Waals surface area (Å²) < 4.78 is 16.6. The van der Waals surface area contributed by atoms with E-state index < -0.39 is 6.17 Å². The molecule has 1 saturated carbocycles. The molecule has 4 atom stereocenters. The Morgan fingerprint density at radius 3 is 2.76 bits per heavy atom. The number of aromatic hydroxyl groups is 1. The van der Waals surface area contributed by atoms with Crippen LogP contribution in [0.3, 0.4) is 0 Å². The van der Waals surface area contributed by atoms with Gasteiger partial charge in [0.15, 0.2) is 17.3 Å². The number of anilines is 1. The SMILES string of the molecule is N#Cc1cn(-c2ccc(-c3ncc(N(C4CC4)[C@H]4C[C@@H]5CC[C@@H](N5)[C@H]4F)nn3)c(O)c2)nn1. The van der Waals surface area contributed by atoms with Gasteiger partial charge >= 0.3 is 0 Å². The Balaban J connectivity index is 1.26. The Morgan fingerprint density at radius 2 is 2.06 bits per heavy atom. The summed E-state index contributed by atoms with van der Waals surface area (Å²) in [5, 5.41) is 39.1. The number of nitriles is 1. The third kappa shape index (κ3) is 3.56. The monoisotopic (exact) mass is 447 g/mol. The van der Waals surface area contributed by atoms with E-state index in [0.29, 0.717) is 23.1 Å². The summed E-state index contributed by atoms with van der Waals surface area (Å²) in [6.07, 6.45) is 6.85. The number of rotatable bonds is 5. The predicted molar refractivity (Wildman–Crippen MR) is 115 cm³/mol. The van der Waals surface area contributed by atoms with Crippen molar-refractivity contribution in [1.29, 1.82) is 5.26 Å². The molecule has 1 aromatic carbocycles. The maximum absolute atomic E-state index is 15.2. The summed E-state index contributed by atoms with van der Waals surface area (Å²) in [7, 11) is 0. The molecule has 3 aromatic rings. The average Bonchev–Trinajstić information content (AvgIpc) is 3.39. The number of nitrogens with zero attached hydrogens (tertiary/aromatic N) is 8. The standard InChI is InChI=1S/C22H22FN9O/c23-21-17-6-1-12(26-17)7-18(21)32(14-2-3-14)20-10-25-22(29-28-20)16-5-4-15(8-19(16)33)31-11-13(9-24)27-30-31/h4-5,8,10-12,14,17-18,21,26,33H,1-3,6-7H2/t12-,17+,18-,21+/m0/s1. The minimum atomic E-state index is -0.944. The highest BCUT2D eigenvalue weighted by Gasteiger charge is 2.48. The van der Waals surface area contributed by atoms with E-state index in [9.17, 15) is 5.11 Å². The van der Waals surface area contributed by atoms with Crippen molar-refractivity contribution in [2.24, 2.45) is 0 Å². The summed E-state index contributed by atoms with van der Waals surface area (Å²) in [5.74, 6) is 0.809. The van der Waals surface area contributed by atoms with Crippen molar-refractivity contribution in [3.63, 3.8) is 0 Å². The second-order valence-corrected chi connectivity index (χ2v) is 8.93. The highest BCUT2D eigenvalue weighted by atomic mass is 19.1. The number of aromatic nitrogens is 6. The Bertz CT molecular complexity index is 1220. The molecule has 6 rings (SSSR count). The molecule has 2 aromatic heterocycles. The van der Waals surface area contributed by atoms with Crippen molar-refractivity contribution >= 4 is 5.82 Å². The van der Waals surface area contributed by atoms with E-state index in [2.05, 4.69) is 35.7 Å². The van der Waals surface area contributed by atoms with Crippen LogP contribution in [0.2, 0.25) is 0 Å². The van der Waals surface area contributed by atoms with Crippen LogP contribution in [0, 0.1) is 11.3 Å². The Morgan fingerprint density at radius 1 is 1.18 bits per heavy atom. The molecule has 4 heterocycles. The van der Waals surface area contributed by atoms with Gasteiger partial charge in [-0.3, -0.25) is 0 Å². The largest absolute Gasteiger partial charge is 0.507 e. The van der Waals surface area contributed by atoms with E-state index in [-0.39, 0.29) is 35.4 Å². The zero-order valence-corrected chi connectivity index (χ0v) is 17.7. The molecule has 0 unspecified atom stereocenters. The smallest absolute Gasteiger partial charge is 0.185 e. The number of nitrogens with one attached hydrogen (secondary N) is 1. The van der Waals surface area contributed by atoms with Crippen LogP contribution < -0.4 is 10.2 Å². The molecule has 2 N–H and O–H groups in total. The van der Waals surface area contributed by atoms with Gasteiger partial charge in [0.2, 0.25) is 0 Å². The number of phenolic OH excluding ortho intramolecular Hbond substituents is 1. The van der Waals surface area contributed by atoms with Gasteiger partial charge < -0.3 is 15.3 Å². The van der Waals surface area contributed by atoms with Crippen LogP contribution in [0.15, 0.2) is 30.6 Å². The zero-order valence-electron chi connectivity index (χ0n) is 17.7. The fraction of sp³-hybridized carbons (Fsp3) is 0.455. The molecule has 3 fully saturated rings. The number of halogens is 1. The molecule has 1 aliphatic carbocycles. The first-order valence-corrected chi connectivity index (χ1v) is 11.1. The van der Waals surface area contributed by atoms with Gasteiger partial charge in [-0.15, -0.1) is 15.3 Å². The summed E-state index contributed by atoms with van der Waals surface area (Å²) in [6.45, 7) is 0. The second kappa shape index (κ2) is 7.74. The first-order valence-electron chi connectivity index (χ1n) is 11.1. The number of alkyl halides is 1. The topological polar surface area (TPSA) is 129 Å². The van der Waals surface area contributed by atoms with E-state index in [4.69, 9.17) is 5.26 Å². The molecule has 0 amide bonds. The second-order valence-electron chi connectivity index (χ2n) is 8.93. The summed E-state index contributed by atoms with van der Waals surface area (Å²) in [5.41, 5.74) is 1.14. The Hall–Kier alpha value is -3.65. The van der Waals surface area contributed by atoms with Crippen LogP contribution >= 0.6 is 0 Å². The Kier molecular flexibility index (Phi) is 4.69. The van der Waals surface area contributed by atoms with Gasteiger partial charge in [-0.2, -0.15) is 5.26 Å². The highest BCUT2D eigenvalue weighted by Crippen LogP contribution is 2.40. The van der Waals surface area contributed by atoms with Crippen molar-refractivity contribution in [1.82, 2.24) is 35.5 Å². The van der Waals surface area contributed by atoms with E-state index in [0.717, 1.165) is 32.1 Å². The van der Waals surface area contributed by atoms with Gasteiger partial charge in [0.1, 0.15) is 18.0 Å². The average molecular weight is 447 g/mol. The van der Waals surface area contributed by atoms with Crippen LogP contribution in [0.5, 0.6) is 5.75 Å². The lowest BCUT2D eigenvalue weighted by Crippen LogP contribution is -2.57. The maximum atomic E-state index is 15.2. The normalized spacial score (nSPS) is 26.2. The molecular formula is C22H22FN9O. The van der Waals surface area contributed by atoms with Gasteiger partial charge in [0, 0.05) is 24.2 Å². The number of hydrogen-bond donors (Lipinski definition) is 2. The number of phenols is 1. The molecule has 33 heavy (non-hydrogen) atoms. The van der Waals surface area contributed by atoms with Crippen molar-refractivity contribution in [3.8, 4) is 28.9 Å². The van der Waals surface area contributed by atoms with Gasteiger partial charge in [-0.25, -0.2) is 14.1 Å². The summed E-state index contributed by atoms with van der Waals surface area (Å²) in [4.78, 5) is 6.53. The lowest BCUT2D eigenvalue weighted by atomic mass is 9.96.